The molecule has 0 aliphatic heterocycles. The SMILES string of the molecule is COC1(CC(=O)NC(C)CNC(=O)C(F)Cc2ccccc2)CC1. The Morgan fingerprint density at radius 3 is 2.54 bits per heavy atom. The first-order chi connectivity index (χ1) is 11.4. The molecule has 5 nitrogen and oxygen atoms in total. The van der Waals surface area contributed by atoms with Crippen LogP contribution in [0.1, 0.15) is 31.7 Å². The third kappa shape index (κ3) is 5.60. The van der Waals surface area contributed by atoms with Crippen LogP contribution in [0, 0.1) is 0 Å². The molecule has 0 saturated heterocycles. The molecule has 2 N–H and O–H groups in total. The second-order valence-electron chi connectivity index (χ2n) is 6.43. The molecule has 0 heterocycles. The highest BCUT2D eigenvalue weighted by molar-refractivity contribution is 5.81. The van der Waals surface area contributed by atoms with Crippen molar-refractivity contribution in [2.45, 2.75) is 50.4 Å². The molecule has 2 rings (SSSR count). The van der Waals surface area contributed by atoms with Gasteiger partial charge in [0.25, 0.3) is 5.91 Å². The maximum absolute atomic E-state index is 14.0. The average Bonchev–Trinajstić information content (AvgIpc) is 3.33. The van der Waals surface area contributed by atoms with Crippen LogP contribution in [0.4, 0.5) is 4.39 Å². The summed E-state index contributed by atoms with van der Waals surface area (Å²) in [5, 5.41) is 5.34. The summed E-state index contributed by atoms with van der Waals surface area (Å²) in [6, 6.07) is 8.77. The van der Waals surface area contributed by atoms with Crippen molar-refractivity contribution in [1.82, 2.24) is 10.6 Å². The second-order valence-corrected chi connectivity index (χ2v) is 6.43. The van der Waals surface area contributed by atoms with Crippen LogP contribution in [0.2, 0.25) is 0 Å². The molecule has 1 aromatic carbocycles. The lowest BCUT2D eigenvalue weighted by Gasteiger charge is -2.18. The van der Waals surface area contributed by atoms with Gasteiger partial charge < -0.3 is 15.4 Å². The zero-order chi connectivity index (χ0) is 17.6. The topological polar surface area (TPSA) is 67.4 Å². The predicted octanol–water partition coefficient (Wildman–Crippen LogP) is 1.76. The highest BCUT2D eigenvalue weighted by atomic mass is 19.1. The van der Waals surface area contributed by atoms with Crippen molar-refractivity contribution in [3.05, 3.63) is 35.9 Å². The van der Waals surface area contributed by atoms with Gasteiger partial charge in [-0.1, -0.05) is 30.3 Å². The highest BCUT2D eigenvalue weighted by Gasteiger charge is 2.44. The summed E-state index contributed by atoms with van der Waals surface area (Å²) in [5.41, 5.74) is 0.475. The van der Waals surface area contributed by atoms with Gasteiger partial charge in [0.2, 0.25) is 5.91 Å². The first-order valence-electron chi connectivity index (χ1n) is 8.24. The van der Waals surface area contributed by atoms with Crippen molar-refractivity contribution in [1.29, 1.82) is 0 Å². The van der Waals surface area contributed by atoms with Gasteiger partial charge in [0.15, 0.2) is 6.17 Å². The van der Waals surface area contributed by atoms with E-state index in [0.29, 0.717) is 6.42 Å². The van der Waals surface area contributed by atoms with Crippen LogP contribution in [-0.4, -0.2) is 43.3 Å². The predicted molar refractivity (Wildman–Crippen MR) is 89.2 cm³/mol. The van der Waals surface area contributed by atoms with Crippen molar-refractivity contribution in [2.24, 2.45) is 0 Å². The van der Waals surface area contributed by atoms with Gasteiger partial charge in [0.1, 0.15) is 0 Å². The van der Waals surface area contributed by atoms with Crippen molar-refractivity contribution < 1.29 is 18.7 Å². The Labute approximate surface area is 142 Å². The molecule has 0 bridgehead atoms. The standard InChI is InChI=1S/C18H25FN2O3/c1-13(21-16(22)11-18(24-2)8-9-18)12-20-17(23)15(19)10-14-6-4-3-5-7-14/h3-7,13,15H,8-12H2,1-2H3,(H,20,23)(H,21,22). The molecule has 132 valence electrons. The molecule has 2 atom stereocenters. The Balaban J connectivity index is 1.67. The van der Waals surface area contributed by atoms with Crippen LogP contribution in [0.25, 0.3) is 0 Å². The third-order valence-electron chi connectivity index (χ3n) is 4.26. The summed E-state index contributed by atoms with van der Waals surface area (Å²) in [7, 11) is 1.61. The van der Waals surface area contributed by atoms with Crippen molar-refractivity contribution in [3.8, 4) is 0 Å². The Hall–Kier alpha value is -1.95. The number of benzene rings is 1. The minimum absolute atomic E-state index is 0.0454. The maximum atomic E-state index is 14.0. The monoisotopic (exact) mass is 336 g/mol. The van der Waals surface area contributed by atoms with Crippen molar-refractivity contribution in [3.63, 3.8) is 0 Å². The molecule has 1 aliphatic carbocycles. The molecular formula is C18H25FN2O3. The molecule has 2 unspecified atom stereocenters. The van der Waals surface area contributed by atoms with Gasteiger partial charge >= 0.3 is 0 Å². The van der Waals surface area contributed by atoms with E-state index in [1.54, 1.807) is 26.2 Å². The number of ether oxygens (including phenoxy) is 1. The van der Waals surface area contributed by atoms with E-state index in [-0.39, 0.29) is 30.5 Å². The first kappa shape index (κ1) is 18.4. The van der Waals surface area contributed by atoms with Gasteiger partial charge in [-0.2, -0.15) is 0 Å². The minimum atomic E-state index is -1.60. The fourth-order valence-corrected chi connectivity index (χ4v) is 2.54. The molecule has 2 amide bonds. The molecule has 6 heteroatoms. The van der Waals surface area contributed by atoms with Crippen LogP contribution in [0.5, 0.6) is 0 Å². The summed E-state index contributed by atoms with van der Waals surface area (Å²) >= 11 is 0. The highest BCUT2D eigenvalue weighted by Crippen LogP contribution is 2.41. The van der Waals surface area contributed by atoms with E-state index < -0.39 is 12.1 Å². The Morgan fingerprint density at radius 2 is 1.96 bits per heavy atom. The lowest BCUT2D eigenvalue weighted by atomic mass is 10.1. The molecule has 1 aliphatic rings. The van der Waals surface area contributed by atoms with Gasteiger partial charge in [-0.25, -0.2) is 4.39 Å². The Morgan fingerprint density at radius 1 is 1.29 bits per heavy atom. The number of rotatable bonds is 9. The summed E-state index contributed by atoms with van der Waals surface area (Å²) < 4.78 is 19.3. The number of methoxy groups -OCH3 is 1. The minimum Gasteiger partial charge on any atom is -0.378 e. The number of alkyl halides is 1. The molecule has 0 aromatic heterocycles. The number of carbonyl (C=O) groups excluding carboxylic acids is 2. The van der Waals surface area contributed by atoms with Gasteiger partial charge in [0.05, 0.1) is 12.0 Å². The zero-order valence-corrected chi connectivity index (χ0v) is 14.2. The number of hydrogen-bond donors (Lipinski definition) is 2. The fraction of sp³-hybridized carbons (Fsp3) is 0.556. The van der Waals surface area contributed by atoms with E-state index >= 15 is 0 Å². The van der Waals surface area contributed by atoms with Gasteiger partial charge in [-0.15, -0.1) is 0 Å². The molecule has 0 spiro atoms. The van der Waals surface area contributed by atoms with E-state index in [1.807, 2.05) is 18.2 Å². The second kappa shape index (κ2) is 8.24. The smallest absolute Gasteiger partial charge is 0.254 e. The lowest BCUT2D eigenvalue weighted by molar-refractivity contribution is -0.127. The van der Waals surface area contributed by atoms with Crippen LogP contribution in [0.3, 0.4) is 0 Å². The molecular weight excluding hydrogens is 311 g/mol. The van der Waals surface area contributed by atoms with Gasteiger partial charge in [-0.05, 0) is 25.3 Å². The quantitative estimate of drug-likeness (QED) is 0.722. The molecule has 1 saturated carbocycles. The fourth-order valence-electron chi connectivity index (χ4n) is 2.54. The largest absolute Gasteiger partial charge is 0.378 e. The van der Waals surface area contributed by atoms with Gasteiger partial charge in [0, 0.05) is 26.1 Å². The molecule has 1 fully saturated rings. The Bertz CT molecular complexity index is 561. The summed E-state index contributed by atoms with van der Waals surface area (Å²) in [4.78, 5) is 23.7. The summed E-state index contributed by atoms with van der Waals surface area (Å²) in [5.74, 6) is -0.771. The maximum Gasteiger partial charge on any atom is 0.254 e. The summed E-state index contributed by atoms with van der Waals surface area (Å²) in [6.45, 7) is 1.97. The van der Waals surface area contributed by atoms with E-state index in [4.69, 9.17) is 4.74 Å². The van der Waals surface area contributed by atoms with Crippen LogP contribution in [0.15, 0.2) is 30.3 Å². The van der Waals surface area contributed by atoms with Gasteiger partial charge in [-0.3, -0.25) is 9.59 Å². The Kier molecular flexibility index (Phi) is 6.31. The molecule has 24 heavy (non-hydrogen) atoms. The van der Waals surface area contributed by atoms with E-state index in [0.717, 1.165) is 18.4 Å². The molecule has 1 aromatic rings. The summed E-state index contributed by atoms with van der Waals surface area (Å²) in [6.07, 6.45) is 0.556. The van der Waals surface area contributed by atoms with Crippen molar-refractivity contribution >= 4 is 11.8 Å². The van der Waals surface area contributed by atoms with Crippen LogP contribution in [-0.2, 0) is 20.7 Å². The number of carbonyl (C=O) groups is 2. The van der Waals surface area contributed by atoms with Crippen LogP contribution < -0.4 is 10.6 Å². The van der Waals surface area contributed by atoms with E-state index in [2.05, 4.69) is 10.6 Å². The number of nitrogens with one attached hydrogen (secondary N) is 2. The van der Waals surface area contributed by atoms with E-state index in [1.165, 1.54) is 0 Å². The molecule has 0 radical (unpaired) electrons. The lowest BCUT2D eigenvalue weighted by Crippen LogP contribution is -2.45. The zero-order valence-electron chi connectivity index (χ0n) is 14.2. The van der Waals surface area contributed by atoms with E-state index in [9.17, 15) is 14.0 Å². The van der Waals surface area contributed by atoms with Crippen molar-refractivity contribution in [2.75, 3.05) is 13.7 Å². The van der Waals surface area contributed by atoms with Crippen LogP contribution >= 0.6 is 0 Å². The number of amides is 2. The number of hydrogen-bond acceptors (Lipinski definition) is 3. The average molecular weight is 336 g/mol. The number of halogens is 1. The first-order valence-corrected chi connectivity index (χ1v) is 8.24. The normalized spacial score (nSPS) is 17.6. The third-order valence-corrected chi connectivity index (χ3v) is 4.26.